The third kappa shape index (κ3) is 3.36. The summed E-state index contributed by atoms with van der Waals surface area (Å²) in [6, 6.07) is 1.83. The summed E-state index contributed by atoms with van der Waals surface area (Å²) in [6.45, 7) is 6.80. The van der Waals surface area contributed by atoms with Crippen molar-refractivity contribution in [1.29, 1.82) is 0 Å². The maximum Gasteiger partial charge on any atom is 0.222 e. The summed E-state index contributed by atoms with van der Waals surface area (Å²) >= 11 is 1.75. The van der Waals surface area contributed by atoms with E-state index in [1.807, 2.05) is 6.07 Å². The standard InChI is InChI=1S/C16H21N5OS/c1-11-10-23-15(20-11)8-21-6-13-12(9-22-14(13)7-21)5-19-16-17-3-2-4-18-16/h2-4,10,12-14H,5-9H2,1H3,(H,17,18,19)/t12-,13-,14-/m0/s1. The first-order valence-corrected chi connectivity index (χ1v) is 8.92. The zero-order valence-electron chi connectivity index (χ0n) is 13.2. The molecule has 2 aromatic heterocycles. The molecule has 0 spiro atoms. The second-order valence-electron chi connectivity index (χ2n) is 6.33. The maximum atomic E-state index is 6.01. The van der Waals surface area contributed by atoms with Crippen LogP contribution >= 0.6 is 11.3 Å². The average Bonchev–Trinajstić information content (AvgIpc) is 3.23. The summed E-state index contributed by atoms with van der Waals surface area (Å²) in [7, 11) is 0. The van der Waals surface area contributed by atoms with E-state index in [0.29, 0.717) is 23.9 Å². The Balaban J connectivity index is 1.32. The number of hydrogen-bond donors (Lipinski definition) is 1. The van der Waals surface area contributed by atoms with E-state index in [0.717, 1.165) is 38.5 Å². The maximum absolute atomic E-state index is 6.01. The Bertz CT molecular complexity index is 649. The van der Waals surface area contributed by atoms with Crippen molar-refractivity contribution in [2.75, 3.05) is 31.6 Å². The molecule has 0 radical (unpaired) electrons. The molecule has 2 aliphatic rings. The molecule has 0 aliphatic carbocycles. The summed E-state index contributed by atoms with van der Waals surface area (Å²) < 4.78 is 6.01. The third-order valence-electron chi connectivity index (χ3n) is 4.63. The quantitative estimate of drug-likeness (QED) is 0.901. The number of aromatic nitrogens is 3. The molecule has 7 heteroatoms. The zero-order valence-corrected chi connectivity index (χ0v) is 14.0. The van der Waals surface area contributed by atoms with Gasteiger partial charge in [-0.15, -0.1) is 11.3 Å². The highest BCUT2D eigenvalue weighted by Gasteiger charge is 2.43. The molecule has 2 aliphatic heterocycles. The van der Waals surface area contributed by atoms with E-state index in [-0.39, 0.29) is 0 Å². The molecule has 0 amide bonds. The summed E-state index contributed by atoms with van der Waals surface area (Å²) in [6.07, 6.45) is 3.88. The summed E-state index contributed by atoms with van der Waals surface area (Å²) in [4.78, 5) is 15.5. The molecule has 3 atom stereocenters. The lowest BCUT2D eigenvalue weighted by Crippen LogP contribution is -2.27. The Morgan fingerprint density at radius 2 is 2.22 bits per heavy atom. The molecule has 2 fully saturated rings. The van der Waals surface area contributed by atoms with E-state index in [4.69, 9.17) is 4.74 Å². The van der Waals surface area contributed by atoms with Crippen molar-refractivity contribution >= 4 is 17.3 Å². The van der Waals surface area contributed by atoms with Gasteiger partial charge in [-0.3, -0.25) is 4.90 Å². The van der Waals surface area contributed by atoms with Gasteiger partial charge in [0.2, 0.25) is 5.95 Å². The Morgan fingerprint density at radius 3 is 3.00 bits per heavy atom. The van der Waals surface area contributed by atoms with Crippen LogP contribution in [0.3, 0.4) is 0 Å². The van der Waals surface area contributed by atoms with Gasteiger partial charge in [-0.1, -0.05) is 0 Å². The molecule has 6 nitrogen and oxygen atoms in total. The van der Waals surface area contributed by atoms with Gasteiger partial charge in [0, 0.05) is 54.9 Å². The molecule has 0 saturated carbocycles. The molecular weight excluding hydrogens is 310 g/mol. The lowest BCUT2D eigenvalue weighted by molar-refractivity contribution is 0.0946. The van der Waals surface area contributed by atoms with Crippen LogP contribution in [0, 0.1) is 18.8 Å². The highest BCUT2D eigenvalue weighted by molar-refractivity contribution is 7.09. The van der Waals surface area contributed by atoms with Gasteiger partial charge in [-0.2, -0.15) is 0 Å². The normalized spacial score (nSPS) is 27.3. The molecule has 4 rings (SSSR count). The van der Waals surface area contributed by atoms with Crippen LogP contribution in [0.4, 0.5) is 5.95 Å². The summed E-state index contributed by atoms with van der Waals surface area (Å²) in [5.41, 5.74) is 1.12. The van der Waals surface area contributed by atoms with E-state index in [1.165, 1.54) is 5.01 Å². The van der Waals surface area contributed by atoms with Gasteiger partial charge in [0.1, 0.15) is 5.01 Å². The minimum absolute atomic E-state index is 0.361. The fraction of sp³-hybridized carbons (Fsp3) is 0.562. The van der Waals surface area contributed by atoms with Crippen LogP contribution < -0.4 is 5.32 Å². The Hall–Kier alpha value is -1.57. The Kier molecular flexibility index (Phi) is 4.24. The van der Waals surface area contributed by atoms with E-state index in [1.54, 1.807) is 23.7 Å². The molecule has 23 heavy (non-hydrogen) atoms. The van der Waals surface area contributed by atoms with Crippen molar-refractivity contribution < 1.29 is 4.74 Å². The van der Waals surface area contributed by atoms with Gasteiger partial charge in [0.25, 0.3) is 0 Å². The smallest absolute Gasteiger partial charge is 0.222 e. The zero-order chi connectivity index (χ0) is 15.6. The van der Waals surface area contributed by atoms with Crippen LogP contribution in [0.25, 0.3) is 0 Å². The Morgan fingerprint density at radius 1 is 1.35 bits per heavy atom. The second kappa shape index (κ2) is 6.51. The highest BCUT2D eigenvalue weighted by atomic mass is 32.1. The monoisotopic (exact) mass is 331 g/mol. The third-order valence-corrected chi connectivity index (χ3v) is 5.58. The predicted molar refractivity (Wildman–Crippen MR) is 89.4 cm³/mol. The van der Waals surface area contributed by atoms with Crippen molar-refractivity contribution in [3.63, 3.8) is 0 Å². The van der Waals surface area contributed by atoms with Gasteiger partial charge in [0.15, 0.2) is 0 Å². The van der Waals surface area contributed by atoms with Gasteiger partial charge >= 0.3 is 0 Å². The largest absolute Gasteiger partial charge is 0.376 e. The number of hydrogen-bond acceptors (Lipinski definition) is 7. The van der Waals surface area contributed by atoms with Gasteiger partial charge < -0.3 is 10.1 Å². The summed E-state index contributed by atoms with van der Waals surface area (Å²) in [5, 5.41) is 6.66. The van der Waals surface area contributed by atoms with Crippen molar-refractivity contribution in [3.8, 4) is 0 Å². The fourth-order valence-corrected chi connectivity index (χ4v) is 4.31. The minimum Gasteiger partial charge on any atom is -0.376 e. The molecular formula is C16H21N5OS. The minimum atomic E-state index is 0.361. The number of fused-ring (bicyclic) bond motifs is 1. The van der Waals surface area contributed by atoms with Gasteiger partial charge in [-0.05, 0) is 13.0 Å². The first-order chi connectivity index (χ1) is 11.3. The van der Waals surface area contributed by atoms with Crippen LogP contribution in [-0.4, -0.2) is 52.2 Å². The summed E-state index contributed by atoms with van der Waals surface area (Å²) in [5.74, 6) is 1.81. The molecule has 0 bridgehead atoms. The van der Waals surface area contributed by atoms with Crippen molar-refractivity contribution in [3.05, 3.63) is 34.5 Å². The molecule has 1 N–H and O–H groups in total. The molecule has 0 aromatic carbocycles. The van der Waals surface area contributed by atoms with Crippen molar-refractivity contribution in [2.24, 2.45) is 11.8 Å². The highest BCUT2D eigenvalue weighted by Crippen LogP contribution is 2.34. The average molecular weight is 331 g/mol. The number of aryl methyl sites for hydroxylation is 1. The van der Waals surface area contributed by atoms with E-state index >= 15 is 0 Å². The topological polar surface area (TPSA) is 63.2 Å². The van der Waals surface area contributed by atoms with Gasteiger partial charge in [0.05, 0.1) is 19.3 Å². The molecule has 122 valence electrons. The molecule has 2 aromatic rings. The van der Waals surface area contributed by atoms with Crippen LogP contribution in [0.5, 0.6) is 0 Å². The first kappa shape index (κ1) is 15.0. The van der Waals surface area contributed by atoms with Crippen LogP contribution in [0.1, 0.15) is 10.7 Å². The van der Waals surface area contributed by atoms with Crippen molar-refractivity contribution in [1.82, 2.24) is 19.9 Å². The number of rotatable bonds is 5. The molecule has 0 unspecified atom stereocenters. The predicted octanol–water partition coefficient (Wildman–Crippen LogP) is 1.80. The number of anilines is 1. The number of ether oxygens (including phenoxy) is 1. The number of thiazole rings is 1. The van der Waals surface area contributed by atoms with Crippen molar-refractivity contribution in [2.45, 2.75) is 19.6 Å². The fourth-order valence-electron chi connectivity index (χ4n) is 3.50. The number of nitrogens with one attached hydrogen (secondary N) is 1. The first-order valence-electron chi connectivity index (χ1n) is 8.04. The Labute approximate surface area is 139 Å². The molecule has 2 saturated heterocycles. The van der Waals surface area contributed by atoms with E-state index < -0.39 is 0 Å². The van der Waals surface area contributed by atoms with Crippen LogP contribution in [0.15, 0.2) is 23.8 Å². The molecule has 4 heterocycles. The van der Waals surface area contributed by atoms with Crippen LogP contribution in [-0.2, 0) is 11.3 Å². The number of nitrogens with zero attached hydrogens (tertiary/aromatic N) is 4. The SMILES string of the molecule is Cc1csc(CN2C[C@H]3[C@@H](CNc4ncccn4)CO[C@H]3C2)n1. The second-order valence-corrected chi connectivity index (χ2v) is 7.27. The van der Waals surface area contributed by atoms with E-state index in [2.05, 4.69) is 37.5 Å². The van der Waals surface area contributed by atoms with Gasteiger partial charge in [-0.25, -0.2) is 15.0 Å². The van der Waals surface area contributed by atoms with E-state index in [9.17, 15) is 0 Å². The van der Waals surface area contributed by atoms with Crippen LogP contribution in [0.2, 0.25) is 0 Å². The number of likely N-dealkylation sites (tertiary alicyclic amines) is 1. The lowest BCUT2D eigenvalue weighted by atomic mass is 9.93. The lowest BCUT2D eigenvalue weighted by Gasteiger charge is -2.19.